The molecule has 0 spiro atoms. The number of anilines is 1. The molecule has 1 atom stereocenters. The number of benzene rings is 1. The van der Waals surface area contributed by atoms with E-state index in [9.17, 15) is 4.79 Å². The molecule has 0 bridgehead atoms. The molecule has 1 aromatic rings. The van der Waals surface area contributed by atoms with Crippen molar-refractivity contribution < 1.29 is 4.79 Å². The van der Waals surface area contributed by atoms with Gasteiger partial charge in [-0.1, -0.05) is 31.9 Å². The second kappa shape index (κ2) is 7.70. The number of hydrogen-bond donors (Lipinski definition) is 1. The smallest absolute Gasteiger partial charge is 0.241 e. The van der Waals surface area contributed by atoms with Crippen molar-refractivity contribution in [3.8, 4) is 0 Å². The predicted octanol–water partition coefficient (Wildman–Crippen LogP) is 3.61. The Labute approximate surface area is 126 Å². The fourth-order valence-corrected chi connectivity index (χ4v) is 3.41. The number of amides is 1. The van der Waals surface area contributed by atoms with E-state index in [0.717, 1.165) is 35.7 Å². The summed E-state index contributed by atoms with van der Waals surface area (Å²) in [5, 5.41) is 3.12. The third-order valence-electron chi connectivity index (χ3n) is 3.77. The number of carbonyl (C=O) groups is 1. The van der Waals surface area contributed by atoms with E-state index >= 15 is 0 Å². The molecule has 1 saturated heterocycles. The Morgan fingerprint density at radius 1 is 1.35 bits per heavy atom. The molecule has 2 rings (SSSR count). The first-order valence-electron chi connectivity index (χ1n) is 7.45. The number of rotatable bonds is 4. The lowest BCUT2D eigenvalue weighted by Gasteiger charge is -2.25. The minimum absolute atomic E-state index is 0.0113. The van der Waals surface area contributed by atoms with Gasteiger partial charge in [-0.15, -0.1) is 11.8 Å². The predicted molar refractivity (Wildman–Crippen MR) is 86.4 cm³/mol. The van der Waals surface area contributed by atoms with Crippen molar-refractivity contribution in [3.63, 3.8) is 0 Å². The molecule has 1 aliphatic heterocycles. The van der Waals surface area contributed by atoms with Crippen LogP contribution < -0.4 is 5.32 Å². The number of carbonyl (C=O) groups excluding carboxylic acids is 1. The van der Waals surface area contributed by atoms with Crippen molar-refractivity contribution >= 4 is 23.4 Å². The Hall–Kier alpha value is -1.00. The van der Waals surface area contributed by atoms with Crippen LogP contribution in [0.15, 0.2) is 29.2 Å². The Morgan fingerprint density at radius 2 is 2.15 bits per heavy atom. The maximum atomic E-state index is 12.5. The first kappa shape index (κ1) is 15.4. The first-order chi connectivity index (χ1) is 9.72. The van der Waals surface area contributed by atoms with Crippen molar-refractivity contribution in [1.82, 2.24) is 4.90 Å². The number of hydrogen-bond acceptors (Lipinski definition) is 3. The largest absolute Gasteiger partial charge is 0.324 e. The van der Waals surface area contributed by atoms with Crippen LogP contribution in [0.4, 0.5) is 5.69 Å². The zero-order chi connectivity index (χ0) is 14.4. The van der Waals surface area contributed by atoms with Gasteiger partial charge in [0.05, 0.1) is 11.7 Å². The van der Waals surface area contributed by atoms with Crippen LogP contribution in [0, 0.1) is 0 Å². The summed E-state index contributed by atoms with van der Waals surface area (Å²) >= 11 is 1.77. The molecule has 110 valence electrons. The fourth-order valence-electron chi connectivity index (χ4n) is 2.65. The van der Waals surface area contributed by atoms with Crippen LogP contribution in [0.1, 0.15) is 32.6 Å². The van der Waals surface area contributed by atoms with Gasteiger partial charge in [-0.25, -0.2) is 0 Å². The van der Waals surface area contributed by atoms with Crippen LogP contribution in [0.25, 0.3) is 0 Å². The SMILES string of the molecule is CCSc1ccccc1NC(=O)C1CCCCCN1C. The van der Waals surface area contributed by atoms with E-state index in [1.807, 2.05) is 18.2 Å². The van der Waals surface area contributed by atoms with Crippen molar-refractivity contribution in [2.45, 2.75) is 43.5 Å². The standard InChI is InChI=1S/C16H24N2OS/c1-3-20-15-11-7-6-9-13(15)17-16(19)14-10-5-4-8-12-18(14)2/h6-7,9,11,14H,3-5,8,10,12H2,1-2H3,(H,17,19). The zero-order valence-corrected chi connectivity index (χ0v) is 13.2. The number of likely N-dealkylation sites (N-methyl/N-ethyl adjacent to an activating group) is 1. The van der Waals surface area contributed by atoms with E-state index in [1.165, 1.54) is 12.8 Å². The normalized spacial score (nSPS) is 20.4. The van der Waals surface area contributed by atoms with Crippen LogP contribution in [0.5, 0.6) is 0 Å². The molecular formula is C16H24N2OS. The van der Waals surface area contributed by atoms with Gasteiger partial charge in [0, 0.05) is 4.90 Å². The number of nitrogens with one attached hydrogen (secondary N) is 1. The number of likely N-dealkylation sites (tertiary alicyclic amines) is 1. The van der Waals surface area contributed by atoms with Gasteiger partial charge in [0.15, 0.2) is 0 Å². The van der Waals surface area contributed by atoms with E-state index in [4.69, 9.17) is 0 Å². The maximum Gasteiger partial charge on any atom is 0.241 e. The third-order valence-corrected chi connectivity index (χ3v) is 4.72. The highest BCUT2D eigenvalue weighted by molar-refractivity contribution is 7.99. The van der Waals surface area contributed by atoms with Crippen LogP contribution in [0.2, 0.25) is 0 Å². The second-order valence-corrected chi connectivity index (χ2v) is 6.57. The molecule has 0 aliphatic carbocycles. The summed E-state index contributed by atoms with van der Waals surface area (Å²) in [6.45, 7) is 3.14. The van der Waals surface area contributed by atoms with Crippen molar-refractivity contribution in [1.29, 1.82) is 0 Å². The van der Waals surface area contributed by atoms with Crippen LogP contribution in [-0.2, 0) is 4.79 Å². The number of para-hydroxylation sites is 1. The Balaban J connectivity index is 2.06. The summed E-state index contributed by atoms with van der Waals surface area (Å²) in [7, 11) is 2.06. The molecule has 1 aromatic carbocycles. The summed E-state index contributed by atoms with van der Waals surface area (Å²) in [6.07, 6.45) is 4.54. The van der Waals surface area contributed by atoms with Gasteiger partial charge in [0.25, 0.3) is 0 Å². The van der Waals surface area contributed by atoms with Gasteiger partial charge < -0.3 is 5.32 Å². The van der Waals surface area contributed by atoms with E-state index in [-0.39, 0.29) is 11.9 Å². The Morgan fingerprint density at radius 3 is 2.95 bits per heavy atom. The molecule has 3 nitrogen and oxygen atoms in total. The molecule has 1 amide bonds. The second-order valence-electron chi connectivity index (χ2n) is 5.26. The Kier molecular flexibility index (Phi) is 5.92. The lowest BCUT2D eigenvalue weighted by Crippen LogP contribution is -2.41. The summed E-state index contributed by atoms with van der Waals surface area (Å²) in [5.74, 6) is 1.15. The summed E-state index contributed by atoms with van der Waals surface area (Å²) in [4.78, 5) is 15.9. The van der Waals surface area contributed by atoms with Gasteiger partial charge in [-0.2, -0.15) is 0 Å². The van der Waals surface area contributed by atoms with Crippen molar-refractivity contribution in [2.24, 2.45) is 0 Å². The highest BCUT2D eigenvalue weighted by Crippen LogP contribution is 2.27. The average molecular weight is 292 g/mol. The molecule has 1 aliphatic rings. The number of thioether (sulfide) groups is 1. The molecule has 4 heteroatoms. The monoisotopic (exact) mass is 292 g/mol. The highest BCUT2D eigenvalue weighted by atomic mass is 32.2. The fraction of sp³-hybridized carbons (Fsp3) is 0.562. The van der Waals surface area contributed by atoms with E-state index in [1.54, 1.807) is 11.8 Å². The van der Waals surface area contributed by atoms with Gasteiger partial charge >= 0.3 is 0 Å². The summed E-state index contributed by atoms with van der Waals surface area (Å²) in [5.41, 5.74) is 0.946. The molecule has 20 heavy (non-hydrogen) atoms. The van der Waals surface area contributed by atoms with Crippen molar-refractivity contribution in [3.05, 3.63) is 24.3 Å². The van der Waals surface area contributed by atoms with Crippen molar-refractivity contribution in [2.75, 3.05) is 24.7 Å². The van der Waals surface area contributed by atoms with E-state index in [2.05, 4.69) is 30.3 Å². The minimum atomic E-state index is 0.0113. The quantitative estimate of drug-likeness (QED) is 0.860. The third kappa shape index (κ3) is 4.00. The van der Waals surface area contributed by atoms with Gasteiger partial charge in [-0.3, -0.25) is 9.69 Å². The number of nitrogens with zero attached hydrogens (tertiary/aromatic N) is 1. The molecular weight excluding hydrogens is 268 g/mol. The maximum absolute atomic E-state index is 12.5. The molecule has 0 saturated carbocycles. The average Bonchev–Trinajstić information content (AvgIpc) is 2.66. The molecule has 0 aromatic heterocycles. The lowest BCUT2D eigenvalue weighted by molar-refractivity contribution is -0.120. The highest BCUT2D eigenvalue weighted by Gasteiger charge is 2.25. The summed E-state index contributed by atoms with van der Waals surface area (Å²) in [6, 6.07) is 8.07. The van der Waals surface area contributed by atoms with Gasteiger partial charge in [-0.05, 0) is 44.3 Å². The zero-order valence-electron chi connectivity index (χ0n) is 12.4. The van der Waals surface area contributed by atoms with Crippen LogP contribution in [-0.4, -0.2) is 36.2 Å². The molecule has 1 heterocycles. The van der Waals surface area contributed by atoms with Crippen LogP contribution in [0.3, 0.4) is 0 Å². The van der Waals surface area contributed by atoms with E-state index in [0.29, 0.717) is 0 Å². The molecule has 1 fully saturated rings. The lowest BCUT2D eigenvalue weighted by atomic mass is 10.1. The van der Waals surface area contributed by atoms with E-state index < -0.39 is 0 Å². The molecule has 0 radical (unpaired) electrons. The van der Waals surface area contributed by atoms with Gasteiger partial charge in [0.2, 0.25) is 5.91 Å². The molecule has 1 unspecified atom stereocenters. The van der Waals surface area contributed by atoms with Crippen LogP contribution >= 0.6 is 11.8 Å². The molecule has 1 N–H and O–H groups in total. The minimum Gasteiger partial charge on any atom is -0.324 e. The van der Waals surface area contributed by atoms with Gasteiger partial charge in [0.1, 0.15) is 0 Å². The first-order valence-corrected chi connectivity index (χ1v) is 8.44. The summed E-state index contributed by atoms with van der Waals surface area (Å²) < 4.78 is 0. The topological polar surface area (TPSA) is 32.3 Å². The Bertz CT molecular complexity index is 450.